The predicted octanol–water partition coefficient (Wildman–Crippen LogP) is 15.0. The van der Waals surface area contributed by atoms with Crippen LogP contribution in [0.1, 0.15) is 174 Å². The second kappa shape index (κ2) is 46.0. The van der Waals surface area contributed by atoms with E-state index in [0.29, 0.717) is 17.4 Å². The Balaban J connectivity index is 4.39. The van der Waals surface area contributed by atoms with Gasteiger partial charge in [0.1, 0.15) is 13.2 Å². The molecule has 0 aromatic rings. The van der Waals surface area contributed by atoms with Gasteiger partial charge in [0.2, 0.25) is 5.91 Å². The van der Waals surface area contributed by atoms with Crippen LogP contribution in [0.15, 0.2) is 122 Å². The maximum atomic E-state index is 12.9. The number of hydrogen-bond acceptors (Lipinski definition) is 5. The summed E-state index contributed by atoms with van der Waals surface area (Å²) < 4.78 is 23.6. The molecule has 0 aliphatic rings. The molecule has 0 bridgehead atoms. The molecule has 0 saturated carbocycles. The van der Waals surface area contributed by atoms with Crippen molar-refractivity contribution in [1.82, 2.24) is 5.32 Å². The van der Waals surface area contributed by atoms with E-state index < -0.39 is 20.0 Å². The zero-order chi connectivity index (χ0) is 47.8. The summed E-state index contributed by atoms with van der Waals surface area (Å²) in [4.78, 5) is 23.2. The molecule has 3 atom stereocenters. The molecule has 3 N–H and O–H groups in total. The van der Waals surface area contributed by atoms with Crippen molar-refractivity contribution >= 4 is 13.7 Å². The number of quaternary nitrogens is 1. The van der Waals surface area contributed by atoms with E-state index >= 15 is 0 Å². The maximum absolute atomic E-state index is 12.9. The number of phosphoric ester groups is 1. The van der Waals surface area contributed by atoms with Crippen LogP contribution < -0.4 is 5.32 Å². The Kier molecular flexibility index (Phi) is 43.8. The van der Waals surface area contributed by atoms with Gasteiger partial charge in [0.05, 0.1) is 39.9 Å². The first-order valence-electron chi connectivity index (χ1n) is 25.4. The first kappa shape index (κ1) is 61.9. The summed E-state index contributed by atoms with van der Waals surface area (Å²) in [6, 6.07) is -0.886. The third-order valence-corrected chi connectivity index (χ3v) is 11.4. The number of carbonyl (C=O) groups excluding carboxylic acids is 1. The highest BCUT2D eigenvalue weighted by Crippen LogP contribution is 2.43. The largest absolute Gasteiger partial charge is 0.472 e. The fourth-order valence-electron chi connectivity index (χ4n) is 6.42. The lowest BCUT2D eigenvalue weighted by Crippen LogP contribution is -2.45. The average molecular weight is 924 g/mol. The fraction of sp³-hybridized carbons (Fsp3) is 0.625. The van der Waals surface area contributed by atoms with Crippen molar-refractivity contribution in [2.24, 2.45) is 0 Å². The van der Waals surface area contributed by atoms with Gasteiger partial charge in [0.25, 0.3) is 0 Å². The van der Waals surface area contributed by atoms with Crippen LogP contribution in [0.3, 0.4) is 0 Å². The van der Waals surface area contributed by atoms with Crippen molar-refractivity contribution < 1.29 is 32.9 Å². The first-order valence-corrected chi connectivity index (χ1v) is 26.9. The Hall–Kier alpha value is -3.10. The third-order valence-electron chi connectivity index (χ3n) is 10.4. The highest BCUT2D eigenvalue weighted by molar-refractivity contribution is 7.47. The van der Waals surface area contributed by atoms with Crippen LogP contribution >= 0.6 is 7.82 Å². The Bertz CT molecular complexity index is 1460. The Morgan fingerprint density at radius 1 is 0.538 bits per heavy atom. The number of allylic oxidation sites excluding steroid dienone is 19. The number of aliphatic hydroxyl groups excluding tert-OH is 1. The van der Waals surface area contributed by atoms with E-state index in [-0.39, 0.29) is 19.1 Å². The topological polar surface area (TPSA) is 105 Å². The number of hydrogen-bond donors (Lipinski definition) is 3. The van der Waals surface area contributed by atoms with Gasteiger partial charge in [0, 0.05) is 6.42 Å². The van der Waals surface area contributed by atoms with Crippen LogP contribution in [0.25, 0.3) is 0 Å². The van der Waals surface area contributed by atoms with Gasteiger partial charge in [0.15, 0.2) is 0 Å². The summed E-state index contributed by atoms with van der Waals surface area (Å²) in [5, 5.41) is 13.8. The van der Waals surface area contributed by atoms with E-state index in [9.17, 15) is 19.4 Å². The molecular weight excluding hydrogens is 828 g/mol. The maximum Gasteiger partial charge on any atom is 0.472 e. The summed E-state index contributed by atoms with van der Waals surface area (Å²) in [6.07, 6.45) is 68.5. The standard InChI is InChI=1S/C56H95N2O6P/c1-6-8-10-12-14-16-18-20-22-23-24-25-26-27-28-29-30-31-32-33-34-35-36-38-40-42-44-46-48-50-56(60)57-54(53-64-65(61,62)63-52-51-58(3,4)5)55(59)49-47-45-43-41-39-37-21-19-17-15-13-11-9-7-2/h8,10,14,16,20,22,24-25,27-28,30-31,33-34,36,38-39,41,47,49,54-55,59H,6-7,9,11-13,15,17-19,21,23,26,29,32,35,37,40,42-46,48,50-53H2,1-5H3,(H-,57,60,61,62)/p+1/b10-8-,16-14-,22-20-,25-24-,28-27-,31-30-,34-33-,38-36-,41-39+,49-47+. The molecule has 3 unspecified atom stereocenters. The number of rotatable bonds is 44. The number of aliphatic hydroxyl groups is 1. The lowest BCUT2D eigenvalue weighted by Gasteiger charge is -2.25. The van der Waals surface area contributed by atoms with Crippen molar-refractivity contribution in [1.29, 1.82) is 0 Å². The summed E-state index contributed by atoms with van der Waals surface area (Å²) >= 11 is 0. The molecule has 0 rings (SSSR count). The van der Waals surface area contributed by atoms with Gasteiger partial charge in [-0.25, -0.2) is 4.57 Å². The summed E-state index contributed by atoms with van der Waals surface area (Å²) in [5.41, 5.74) is 0. The molecule has 0 fully saturated rings. The van der Waals surface area contributed by atoms with Gasteiger partial charge in [-0.05, 0) is 96.3 Å². The molecule has 8 nitrogen and oxygen atoms in total. The second-order valence-electron chi connectivity index (χ2n) is 17.8. The van der Waals surface area contributed by atoms with Crippen molar-refractivity contribution in [2.75, 3.05) is 40.9 Å². The van der Waals surface area contributed by atoms with Gasteiger partial charge >= 0.3 is 7.82 Å². The molecule has 0 radical (unpaired) electrons. The molecule has 9 heteroatoms. The number of unbranched alkanes of at least 4 members (excludes halogenated alkanes) is 13. The zero-order valence-electron chi connectivity index (χ0n) is 41.9. The molecule has 1 amide bonds. The molecule has 0 aliphatic carbocycles. The van der Waals surface area contributed by atoms with E-state index in [1.54, 1.807) is 6.08 Å². The molecule has 0 saturated heterocycles. The quantitative estimate of drug-likeness (QED) is 0.0243. The minimum atomic E-state index is -4.37. The van der Waals surface area contributed by atoms with Crippen LogP contribution in [-0.2, 0) is 18.4 Å². The van der Waals surface area contributed by atoms with Crippen molar-refractivity contribution in [2.45, 2.75) is 187 Å². The van der Waals surface area contributed by atoms with Gasteiger partial charge in [-0.1, -0.05) is 193 Å². The van der Waals surface area contributed by atoms with Gasteiger partial charge in [-0.2, -0.15) is 0 Å². The summed E-state index contributed by atoms with van der Waals surface area (Å²) in [5.74, 6) is -0.218. The molecule has 65 heavy (non-hydrogen) atoms. The van der Waals surface area contributed by atoms with Gasteiger partial charge in [-0.3, -0.25) is 13.8 Å². The van der Waals surface area contributed by atoms with Crippen LogP contribution in [0.2, 0.25) is 0 Å². The first-order chi connectivity index (χ1) is 31.5. The van der Waals surface area contributed by atoms with Gasteiger partial charge < -0.3 is 19.8 Å². The molecule has 0 spiro atoms. The van der Waals surface area contributed by atoms with E-state index in [2.05, 4.69) is 129 Å². The van der Waals surface area contributed by atoms with E-state index in [0.717, 1.165) is 103 Å². The molecule has 370 valence electrons. The Morgan fingerprint density at radius 2 is 0.938 bits per heavy atom. The molecule has 0 heterocycles. The smallest absolute Gasteiger partial charge is 0.387 e. The lowest BCUT2D eigenvalue weighted by molar-refractivity contribution is -0.870. The van der Waals surface area contributed by atoms with Crippen LogP contribution in [-0.4, -0.2) is 73.4 Å². The number of nitrogens with one attached hydrogen (secondary N) is 1. The fourth-order valence-corrected chi connectivity index (χ4v) is 7.16. The number of likely N-dealkylation sites (N-methyl/N-ethyl adjacent to an activating group) is 1. The highest BCUT2D eigenvalue weighted by atomic mass is 31.2. The van der Waals surface area contributed by atoms with E-state index in [4.69, 9.17) is 9.05 Å². The molecule has 0 aromatic heterocycles. The second-order valence-corrected chi connectivity index (χ2v) is 19.3. The van der Waals surface area contributed by atoms with Crippen LogP contribution in [0.4, 0.5) is 0 Å². The SMILES string of the molecule is CC/C=C\C/C=C\C/C=C\C/C=C\C/C=C\C/C=C\C/C=C\C/C=C\CCCCCCC(=O)NC(COP(=O)(O)OCC[N+](C)(C)C)C(O)/C=C/CC/C=C/CCCCCCCCCC. The summed E-state index contributed by atoms with van der Waals surface area (Å²) in [6.45, 7) is 4.62. The highest BCUT2D eigenvalue weighted by Gasteiger charge is 2.27. The minimum Gasteiger partial charge on any atom is -0.387 e. The normalized spacial score (nSPS) is 15.1. The Labute approximate surface area is 399 Å². The number of amides is 1. The van der Waals surface area contributed by atoms with Crippen molar-refractivity contribution in [3.05, 3.63) is 122 Å². The predicted molar refractivity (Wildman–Crippen MR) is 281 cm³/mol. The van der Waals surface area contributed by atoms with Crippen molar-refractivity contribution in [3.8, 4) is 0 Å². The molecular formula is C56H96N2O6P+. The van der Waals surface area contributed by atoms with Crippen LogP contribution in [0.5, 0.6) is 0 Å². The third kappa shape index (κ3) is 48.6. The Morgan fingerprint density at radius 3 is 1.42 bits per heavy atom. The molecule has 0 aliphatic heterocycles. The number of nitrogens with zero attached hydrogens (tertiary/aromatic N) is 1. The lowest BCUT2D eigenvalue weighted by atomic mass is 10.1. The minimum absolute atomic E-state index is 0.0435. The van der Waals surface area contributed by atoms with E-state index in [1.165, 1.54) is 51.4 Å². The average Bonchev–Trinajstić information content (AvgIpc) is 3.26. The van der Waals surface area contributed by atoms with E-state index in [1.807, 2.05) is 27.2 Å². The molecule has 0 aromatic carbocycles. The van der Waals surface area contributed by atoms with Gasteiger partial charge in [-0.15, -0.1) is 0 Å². The monoisotopic (exact) mass is 924 g/mol. The van der Waals surface area contributed by atoms with Crippen LogP contribution in [0, 0.1) is 0 Å². The number of carbonyl (C=O) groups is 1. The number of phosphoric acid groups is 1. The zero-order valence-corrected chi connectivity index (χ0v) is 42.8. The summed E-state index contributed by atoms with van der Waals surface area (Å²) in [7, 11) is 1.51. The van der Waals surface area contributed by atoms with Crippen molar-refractivity contribution in [3.63, 3.8) is 0 Å².